The third kappa shape index (κ3) is 2.18. The Hall–Kier alpha value is -1.89. The molecule has 2 aliphatic rings. The highest BCUT2D eigenvalue weighted by molar-refractivity contribution is 5.87. The summed E-state index contributed by atoms with van der Waals surface area (Å²) in [6.45, 7) is 0.941. The summed E-state index contributed by atoms with van der Waals surface area (Å²) in [5, 5.41) is 0. The zero-order chi connectivity index (χ0) is 14.1. The molecule has 0 aliphatic carbocycles. The van der Waals surface area contributed by atoms with Crippen molar-refractivity contribution in [2.75, 3.05) is 13.7 Å². The number of carbonyl (C=O) groups excluding carboxylic acids is 2. The van der Waals surface area contributed by atoms with Crippen molar-refractivity contribution >= 4 is 11.9 Å². The van der Waals surface area contributed by atoms with Crippen LogP contribution in [0.3, 0.4) is 0 Å². The van der Waals surface area contributed by atoms with E-state index in [1.807, 2.05) is 0 Å². The van der Waals surface area contributed by atoms with Crippen LogP contribution in [0.25, 0.3) is 0 Å². The van der Waals surface area contributed by atoms with Crippen molar-refractivity contribution in [3.8, 4) is 0 Å². The molecule has 1 fully saturated rings. The van der Waals surface area contributed by atoms with E-state index < -0.39 is 18.1 Å². The number of hydrogen-bond donors (Lipinski definition) is 1. The largest absolute Gasteiger partial charge is 0.467 e. The first-order chi connectivity index (χ1) is 9.70. The van der Waals surface area contributed by atoms with E-state index in [-0.39, 0.29) is 5.91 Å². The lowest BCUT2D eigenvalue weighted by Crippen LogP contribution is -2.52. The number of hydrogen-bond acceptors (Lipinski definition) is 5. The maximum atomic E-state index is 12.5. The van der Waals surface area contributed by atoms with Gasteiger partial charge in [-0.15, -0.1) is 0 Å². The van der Waals surface area contributed by atoms with Gasteiger partial charge in [0.05, 0.1) is 31.4 Å². The summed E-state index contributed by atoms with van der Waals surface area (Å²) < 4.78 is 10.2. The summed E-state index contributed by atoms with van der Waals surface area (Å²) in [5.74, 6) is -0.553. The fourth-order valence-electron chi connectivity index (χ4n) is 2.77. The van der Waals surface area contributed by atoms with Gasteiger partial charge in [-0.2, -0.15) is 0 Å². The Balaban J connectivity index is 1.85. The smallest absolute Gasteiger partial charge is 0.329 e. The van der Waals surface area contributed by atoms with Crippen LogP contribution in [0.2, 0.25) is 0 Å². The van der Waals surface area contributed by atoms with Crippen LogP contribution in [0.1, 0.15) is 24.2 Å². The molecule has 1 saturated heterocycles. The number of rotatable bonds is 2. The Bertz CT molecular complexity index is 521. The number of imidazole rings is 1. The Morgan fingerprint density at radius 2 is 2.40 bits per heavy atom. The van der Waals surface area contributed by atoms with Gasteiger partial charge in [0.15, 0.2) is 0 Å². The van der Waals surface area contributed by atoms with E-state index >= 15 is 0 Å². The van der Waals surface area contributed by atoms with Crippen molar-refractivity contribution in [2.24, 2.45) is 0 Å². The van der Waals surface area contributed by atoms with E-state index in [1.54, 1.807) is 11.2 Å². The molecule has 0 aromatic carbocycles. The highest BCUT2D eigenvalue weighted by Gasteiger charge is 2.40. The average molecular weight is 279 g/mol. The van der Waals surface area contributed by atoms with Crippen LogP contribution in [0.15, 0.2) is 6.33 Å². The third-order valence-corrected chi connectivity index (χ3v) is 3.86. The summed E-state index contributed by atoms with van der Waals surface area (Å²) >= 11 is 0. The first kappa shape index (κ1) is 13.1. The Kier molecular flexibility index (Phi) is 3.43. The average Bonchev–Trinajstić information content (AvgIpc) is 3.14. The second-order valence-electron chi connectivity index (χ2n) is 5.04. The molecule has 1 aromatic heterocycles. The highest BCUT2D eigenvalue weighted by atomic mass is 16.5. The zero-order valence-corrected chi connectivity index (χ0v) is 11.3. The van der Waals surface area contributed by atoms with Gasteiger partial charge in [0, 0.05) is 13.0 Å². The quantitative estimate of drug-likeness (QED) is 0.771. The third-order valence-electron chi connectivity index (χ3n) is 3.86. The molecule has 1 amide bonds. The normalized spacial score (nSPS) is 25.4. The number of H-pyrrole nitrogens is 1. The number of fused-ring (bicyclic) bond motifs is 1. The first-order valence-corrected chi connectivity index (χ1v) is 6.71. The van der Waals surface area contributed by atoms with Crippen molar-refractivity contribution in [1.82, 2.24) is 14.9 Å². The summed E-state index contributed by atoms with van der Waals surface area (Å²) in [6.07, 6.45) is 3.11. The lowest BCUT2D eigenvalue weighted by molar-refractivity contribution is -0.158. The van der Waals surface area contributed by atoms with Gasteiger partial charge in [0.1, 0.15) is 12.1 Å². The summed E-state index contributed by atoms with van der Waals surface area (Å²) in [7, 11) is 1.33. The molecule has 0 saturated carbocycles. The number of esters is 1. The minimum Gasteiger partial charge on any atom is -0.467 e. The lowest BCUT2D eigenvalue weighted by atomic mass is 10.0. The number of aromatic amines is 1. The van der Waals surface area contributed by atoms with Crippen molar-refractivity contribution in [3.05, 3.63) is 17.7 Å². The van der Waals surface area contributed by atoms with E-state index in [1.165, 1.54) is 7.11 Å². The maximum absolute atomic E-state index is 12.5. The number of methoxy groups -OCH3 is 1. The van der Waals surface area contributed by atoms with E-state index in [0.717, 1.165) is 17.8 Å². The van der Waals surface area contributed by atoms with Gasteiger partial charge in [0.25, 0.3) is 5.91 Å². The molecule has 7 nitrogen and oxygen atoms in total. The number of nitrogens with one attached hydrogen (secondary N) is 1. The minimum absolute atomic E-state index is 0.141. The van der Waals surface area contributed by atoms with Gasteiger partial charge >= 0.3 is 5.97 Å². The van der Waals surface area contributed by atoms with Gasteiger partial charge in [-0.3, -0.25) is 4.79 Å². The van der Waals surface area contributed by atoms with E-state index in [2.05, 4.69) is 9.97 Å². The predicted molar refractivity (Wildman–Crippen MR) is 67.6 cm³/mol. The standard InChI is InChI=1S/C13H17N3O4/c1-19-13(18)10-5-8-9(15-7-14-8)6-16(10)12(17)11-3-2-4-20-11/h7,10-11H,2-6H2,1H3,(H,14,15). The van der Waals surface area contributed by atoms with Crippen LogP contribution in [-0.2, 0) is 32.0 Å². The zero-order valence-electron chi connectivity index (χ0n) is 11.3. The number of nitrogens with zero attached hydrogens (tertiary/aromatic N) is 2. The molecular weight excluding hydrogens is 262 g/mol. The van der Waals surface area contributed by atoms with Crippen molar-refractivity contribution in [2.45, 2.75) is 38.0 Å². The van der Waals surface area contributed by atoms with Crippen LogP contribution >= 0.6 is 0 Å². The lowest BCUT2D eigenvalue weighted by Gasteiger charge is -2.34. The van der Waals surface area contributed by atoms with E-state index in [9.17, 15) is 9.59 Å². The van der Waals surface area contributed by atoms with Crippen molar-refractivity contribution < 1.29 is 19.1 Å². The number of carbonyl (C=O) groups is 2. The van der Waals surface area contributed by atoms with Crippen LogP contribution in [0, 0.1) is 0 Å². The molecule has 3 heterocycles. The molecule has 3 rings (SSSR count). The predicted octanol–water partition coefficient (Wildman–Crippen LogP) is 0.0150. The van der Waals surface area contributed by atoms with Crippen LogP contribution < -0.4 is 0 Å². The van der Waals surface area contributed by atoms with E-state index in [0.29, 0.717) is 26.0 Å². The molecule has 0 radical (unpaired) electrons. The topological polar surface area (TPSA) is 84.5 Å². The molecule has 0 bridgehead atoms. The Morgan fingerprint density at radius 3 is 3.10 bits per heavy atom. The molecule has 1 N–H and O–H groups in total. The molecule has 2 aliphatic heterocycles. The second-order valence-corrected chi connectivity index (χ2v) is 5.04. The van der Waals surface area contributed by atoms with Crippen molar-refractivity contribution in [1.29, 1.82) is 0 Å². The van der Waals surface area contributed by atoms with Gasteiger partial charge in [-0.1, -0.05) is 0 Å². The van der Waals surface area contributed by atoms with Gasteiger partial charge in [-0.25, -0.2) is 9.78 Å². The Labute approximate surface area is 116 Å². The molecule has 2 atom stereocenters. The maximum Gasteiger partial charge on any atom is 0.329 e. The molecule has 108 valence electrons. The van der Waals surface area contributed by atoms with Crippen LogP contribution in [-0.4, -0.2) is 52.6 Å². The fraction of sp³-hybridized carbons (Fsp3) is 0.615. The first-order valence-electron chi connectivity index (χ1n) is 6.71. The van der Waals surface area contributed by atoms with Crippen LogP contribution in [0.4, 0.5) is 0 Å². The van der Waals surface area contributed by atoms with Gasteiger partial charge in [0.2, 0.25) is 0 Å². The van der Waals surface area contributed by atoms with Gasteiger partial charge in [-0.05, 0) is 12.8 Å². The Morgan fingerprint density at radius 1 is 1.55 bits per heavy atom. The highest BCUT2D eigenvalue weighted by Crippen LogP contribution is 2.25. The number of amides is 1. The molecule has 20 heavy (non-hydrogen) atoms. The molecule has 7 heteroatoms. The van der Waals surface area contributed by atoms with Crippen LogP contribution in [0.5, 0.6) is 0 Å². The van der Waals surface area contributed by atoms with E-state index in [4.69, 9.17) is 9.47 Å². The molecular formula is C13H17N3O4. The molecule has 1 aromatic rings. The fourth-order valence-corrected chi connectivity index (χ4v) is 2.77. The SMILES string of the molecule is COC(=O)C1Cc2nc[nH]c2CN1C(=O)C1CCCO1. The summed E-state index contributed by atoms with van der Waals surface area (Å²) in [6, 6.07) is -0.618. The summed E-state index contributed by atoms with van der Waals surface area (Å²) in [4.78, 5) is 33.2. The molecule has 2 unspecified atom stereocenters. The number of aromatic nitrogens is 2. The van der Waals surface area contributed by atoms with Gasteiger partial charge < -0.3 is 19.4 Å². The van der Waals surface area contributed by atoms with Crippen molar-refractivity contribution in [3.63, 3.8) is 0 Å². The minimum atomic E-state index is -0.618. The number of ether oxygens (including phenoxy) is 2. The summed E-state index contributed by atoms with van der Waals surface area (Å²) in [5.41, 5.74) is 1.69. The molecule has 0 spiro atoms. The second kappa shape index (κ2) is 5.24. The monoisotopic (exact) mass is 279 g/mol.